The molecule has 3 N–H and O–H groups in total. The molecule has 4 heteroatoms. The molecule has 0 radical (unpaired) electrons. The van der Waals surface area contributed by atoms with Crippen LogP contribution in [0.4, 0.5) is 21.5 Å². The van der Waals surface area contributed by atoms with Crippen molar-refractivity contribution < 1.29 is 9.18 Å². The van der Waals surface area contributed by atoms with Crippen LogP contribution in [0.3, 0.4) is 0 Å². The van der Waals surface area contributed by atoms with Crippen LogP contribution >= 0.6 is 0 Å². The van der Waals surface area contributed by atoms with Crippen molar-refractivity contribution >= 4 is 22.8 Å². The fourth-order valence-corrected chi connectivity index (χ4v) is 1.67. The van der Waals surface area contributed by atoms with Gasteiger partial charge in [0.1, 0.15) is 5.82 Å². The lowest BCUT2D eigenvalue weighted by Gasteiger charge is -2.09. The molecule has 0 saturated carbocycles. The fourth-order valence-electron chi connectivity index (χ4n) is 1.67. The Morgan fingerprint density at radius 1 is 1.17 bits per heavy atom. The van der Waals surface area contributed by atoms with Crippen LogP contribution in [0.2, 0.25) is 0 Å². The molecule has 0 saturated heterocycles. The molecular weight excluding hydrogens is 231 g/mol. The van der Waals surface area contributed by atoms with E-state index in [2.05, 4.69) is 5.32 Å². The number of nitrogens with two attached hydrogens (primary N) is 1. The zero-order valence-electron chi connectivity index (χ0n) is 9.91. The van der Waals surface area contributed by atoms with Crippen molar-refractivity contribution in [2.75, 3.05) is 11.1 Å². The summed E-state index contributed by atoms with van der Waals surface area (Å²) in [6.07, 6.45) is 0. The molecule has 0 aliphatic carbocycles. The maximum atomic E-state index is 13.0. The predicted octanol–water partition coefficient (Wildman–Crippen LogP) is 3.35. The lowest BCUT2D eigenvalue weighted by atomic mass is 10.1. The molecule has 0 fully saturated rings. The van der Waals surface area contributed by atoms with Gasteiger partial charge in [0.2, 0.25) is 0 Å². The fraction of sp³-hybridized carbons (Fsp3) is 0.0714. The highest BCUT2D eigenvalue weighted by molar-refractivity contribution is 6.00. The summed E-state index contributed by atoms with van der Waals surface area (Å²) in [5.41, 5.74) is 7.91. The van der Waals surface area contributed by atoms with Gasteiger partial charge in [-0.25, -0.2) is 4.39 Å². The summed E-state index contributed by atoms with van der Waals surface area (Å²) >= 11 is 0. The summed E-state index contributed by atoms with van der Waals surface area (Å²) in [7, 11) is 0. The second-order valence-electron chi connectivity index (χ2n) is 3.99. The third-order valence-electron chi connectivity index (χ3n) is 2.55. The van der Waals surface area contributed by atoms with E-state index in [9.17, 15) is 9.18 Å². The minimum atomic E-state index is -0.317. The number of carbonyl (C=O) groups is 1. The van der Waals surface area contributed by atoms with Gasteiger partial charge in [-0.3, -0.25) is 4.79 Å². The van der Waals surface area contributed by atoms with Crippen LogP contribution < -0.4 is 11.1 Å². The molecule has 0 atom stereocenters. The molecular formula is C14H13FN2O. The summed E-state index contributed by atoms with van der Waals surface area (Å²) in [4.78, 5) is 11.4. The van der Waals surface area contributed by atoms with E-state index in [1.54, 1.807) is 30.3 Å². The lowest BCUT2D eigenvalue weighted by Crippen LogP contribution is -2.01. The van der Waals surface area contributed by atoms with Gasteiger partial charge in [0, 0.05) is 22.6 Å². The second kappa shape index (κ2) is 4.87. The first-order valence-corrected chi connectivity index (χ1v) is 5.49. The number of benzene rings is 2. The molecule has 2 aromatic carbocycles. The number of halogens is 1. The van der Waals surface area contributed by atoms with Gasteiger partial charge < -0.3 is 11.1 Å². The highest BCUT2D eigenvalue weighted by atomic mass is 19.1. The van der Waals surface area contributed by atoms with Gasteiger partial charge in [0.15, 0.2) is 5.78 Å². The zero-order chi connectivity index (χ0) is 13.1. The molecule has 2 aromatic rings. The summed E-state index contributed by atoms with van der Waals surface area (Å²) < 4.78 is 13.0. The Hall–Kier alpha value is -2.36. The third-order valence-corrected chi connectivity index (χ3v) is 2.55. The van der Waals surface area contributed by atoms with E-state index in [4.69, 9.17) is 5.73 Å². The van der Waals surface area contributed by atoms with E-state index >= 15 is 0 Å². The molecule has 92 valence electrons. The van der Waals surface area contributed by atoms with Gasteiger partial charge in [-0.05, 0) is 43.3 Å². The standard InChI is InChI=1S/C14H13FN2O/c1-9(18)13-8-12(5-6-14(13)16)17-11-4-2-3-10(15)7-11/h2-8,17H,16H2,1H3. The number of carbonyl (C=O) groups excluding carboxylic acids is 1. The first-order valence-electron chi connectivity index (χ1n) is 5.49. The Bertz CT molecular complexity index is 596. The number of hydrogen-bond acceptors (Lipinski definition) is 3. The maximum Gasteiger partial charge on any atom is 0.161 e. The van der Waals surface area contributed by atoms with Crippen LogP contribution in [0, 0.1) is 5.82 Å². The molecule has 0 bridgehead atoms. The highest BCUT2D eigenvalue weighted by Crippen LogP contribution is 2.22. The number of nitrogens with one attached hydrogen (secondary N) is 1. The molecule has 2 rings (SSSR count). The average molecular weight is 244 g/mol. The largest absolute Gasteiger partial charge is 0.398 e. The van der Waals surface area contributed by atoms with Crippen molar-refractivity contribution in [1.82, 2.24) is 0 Å². The van der Waals surface area contributed by atoms with E-state index in [-0.39, 0.29) is 11.6 Å². The number of rotatable bonds is 3. The Morgan fingerprint density at radius 2 is 1.89 bits per heavy atom. The van der Waals surface area contributed by atoms with E-state index in [0.717, 1.165) is 0 Å². The molecule has 0 aliphatic heterocycles. The summed E-state index contributed by atoms with van der Waals surface area (Å²) in [5, 5.41) is 3.02. The number of Topliss-reactive ketones (excluding diaryl/α,β-unsaturated/α-hetero) is 1. The Morgan fingerprint density at radius 3 is 2.56 bits per heavy atom. The monoisotopic (exact) mass is 244 g/mol. The van der Waals surface area contributed by atoms with Crippen LogP contribution in [0.5, 0.6) is 0 Å². The van der Waals surface area contributed by atoms with Crippen molar-refractivity contribution in [2.45, 2.75) is 6.92 Å². The van der Waals surface area contributed by atoms with Crippen LogP contribution in [0.1, 0.15) is 17.3 Å². The van der Waals surface area contributed by atoms with E-state index in [1.807, 2.05) is 0 Å². The first kappa shape index (κ1) is 12.1. The van der Waals surface area contributed by atoms with Gasteiger partial charge >= 0.3 is 0 Å². The molecule has 0 heterocycles. The summed E-state index contributed by atoms with van der Waals surface area (Å²) in [6.45, 7) is 1.46. The minimum absolute atomic E-state index is 0.101. The normalized spacial score (nSPS) is 10.1. The zero-order valence-corrected chi connectivity index (χ0v) is 9.91. The van der Waals surface area contributed by atoms with Crippen LogP contribution in [0.15, 0.2) is 42.5 Å². The molecule has 0 amide bonds. The van der Waals surface area contributed by atoms with Crippen molar-refractivity contribution in [1.29, 1.82) is 0 Å². The smallest absolute Gasteiger partial charge is 0.161 e. The summed E-state index contributed by atoms with van der Waals surface area (Å²) in [6, 6.07) is 11.2. The van der Waals surface area contributed by atoms with Gasteiger partial charge in [-0.2, -0.15) is 0 Å². The van der Waals surface area contributed by atoms with Crippen LogP contribution in [-0.4, -0.2) is 5.78 Å². The van der Waals surface area contributed by atoms with Crippen molar-refractivity contribution in [3.05, 3.63) is 53.8 Å². The SMILES string of the molecule is CC(=O)c1cc(Nc2cccc(F)c2)ccc1N. The van der Waals surface area contributed by atoms with Crippen LogP contribution in [0.25, 0.3) is 0 Å². The van der Waals surface area contributed by atoms with E-state index < -0.39 is 0 Å². The Labute approximate surface area is 104 Å². The van der Waals surface area contributed by atoms with Gasteiger partial charge in [0.25, 0.3) is 0 Å². The number of ketones is 1. The number of hydrogen-bond donors (Lipinski definition) is 2. The van der Waals surface area contributed by atoms with Gasteiger partial charge in [0.05, 0.1) is 0 Å². The third kappa shape index (κ3) is 2.66. The Balaban J connectivity index is 2.30. The predicted molar refractivity (Wildman–Crippen MR) is 70.5 cm³/mol. The quantitative estimate of drug-likeness (QED) is 0.643. The van der Waals surface area contributed by atoms with Crippen molar-refractivity contribution in [2.24, 2.45) is 0 Å². The van der Waals surface area contributed by atoms with Crippen molar-refractivity contribution in [3.8, 4) is 0 Å². The first-order chi connectivity index (χ1) is 8.56. The average Bonchev–Trinajstić information content (AvgIpc) is 2.31. The molecule has 3 nitrogen and oxygen atoms in total. The summed E-state index contributed by atoms with van der Waals surface area (Å²) in [5.74, 6) is -0.419. The maximum absolute atomic E-state index is 13.0. The van der Waals surface area contributed by atoms with Crippen molar-refractivity contribution in [3.63, 3.8) is 0 Å². The van der Waals surface area contributed by atoms with Crippen LogP contribution in [-0.2, 0) is 0 Å². The molecule has 0 aromatic heterocycles. The molecule has 0 aliphatic rings. The molecule has 18 heavy (non-hydrogen) atoms. The van der Waals surface area contributed by atoms with E-state index in [1.165, 1.54) is 19.1 Å². The molecule has 0 spiro atoms. The van der Waals surface area contributed by atoms with Gasteiger partial charge in [-0.1, -0.05) is 6.07 Å². The molecule has 0 unspecified atom stereocenters. The minimum Gasteiger partial charge on any atom is -0.398 e. The van der Waals surface area contributed by atoms with E-state index in [0.29, 0.717) is 22.6 Å². The highest BCUT2D eigenvalue weighted by Gasteiger charge is 2.06. The number of nitrogen functional groups attached to an aromatic ring is 1. The topological polar surface area (TPSA) is 55.1 Å². The second-order valence-corrected chi connectivity index (χ2v) is 3.99. The lowest BCUT2D eigenvalue weighted by molar-refractivity contribution is 0.101. The van der Waals surface area contributed by atoms with Gasteiger partial charge in [-0.15, -0.1) is 0 Å². The Kier molecular flexibility index (Phi) is 3.28. The number of anilines is 3.